The van der Waals surface area contributed by atoms with Crippen LogP contribution in [0.15, 0.2) is 48.5 Å². The van der Waals surface area contributed by atoms with Gasteiger partial charge in [0.15, 0.2) is 12.2 Å². The third-order valence-corrected chi connectivity index (χ3v) is 11.6. The molecule has 0 bridgehead atoms. The zero-order valence-electron chi connectivity index (χ0n) is 34.7. The molecular weight excluding hydrogens is 745 g/mol. The molecule has 0 aliphatic carbocycles. The van der Waals surface area contributed by atoms with E-state index >= 15 is 0 Å². The van der Waals surface area contributed by atoms with E-state index in [0.29, 0.717) is 35.1 Å². The van der Waals surface area contributed by atoms with E-state index < -0.39 is 48.6 Å². The average molecular weight is 807 g/mol. The molecule has 58 heavy (non-hydrogen) atoms. The quantitative estimate of drug-likeness (QED) is 0.157. The summed E-state index contributed by atoms with van der Waals surface area (Å²) in [5, 5.41) is 0. The van der Waals surface area contributed by atoms with Gasteiger partial charge in [0.2, 0.25) is 0 Å². The van der Waals surface area contributed by atoms with Gasteiger partial charge in [0, 0.05) is 63.5 Å². The number of piperazine rings is 2. The highest BCUT2D eigenvalue weighted by atomic mass is 16.7. The van der Waals surface area contributed by atoms with Crippen LogP contribution in [-0.4, -0.2) is 161 Å². The first-order valence-electron chi connectivity index (χ1n) is 21.2. The number of rotatable bonds is 18. The van der Waals surface area contributed by atoms with Gasteiger partial charge in [-0.2, -0.15) is 0 Å². The van der Waals surface area contributed by atoms with Gasteiger partial charge in [0.05, 0.1) is 37.4 Å². The Morgan fingerprint density at radius 3 is 1.36 bits per heavy atom. The third kappa shape index (κ3) is 11.6. The summed E-state index contributed by atoms with van der Waals surface area (Å²) < 4.78 is 36.3. The van der Waals surface area contributed by atoms with Gasteiger partial charge in [0.1, 0.15) is 24.4 Å². The molecule has 0 saturated carbocycles. The van der Waals surface area contributed by atoms with Crippen molar-refractivity contribution in [3.8, 4) is 0 Å². The van der Waals surface area contributed by atoms with Crippen molar-refractivity contribution in [3.05, 3.63) is 70.8 Å². The lowest BCUT2D eigenvalue weighted by molar-refractivity contribution is -0.152. The standard InChI is InChI=1S/C44H62N4O10/c1-5-7-17-35(55-39(49)27-47-23-19-45(3)20-24-47)31-13-9-11-15-33(31)43(51)57-37-29-53-42-38(30-54-41(37)42)58-44(52)34-16-12-10-14-32(34)36(18-8-6-2)56-40(50)28-48-25-21-46(4)22-26-48/h9-16,35-38,41-42H,5-8,17-30H2,1-4H3/t35-,36-,37-,38+,41-,42-/m1/s1. The molecule has 4 aliphatic rings. The molecule has 4 fully saturated rings. The molecule has 4 aliphatic heterocycles. The Kier molecular flexibility index (Phi) is 16.1. The molecule has 318 valence electrons. The Bertz CT molecular complexity index is 1560. The highest BCUT2D eigenvalue weighted by Gasteiger charge is 2.51. The lowest BCUT2D eigenvalue weighted by Gasteiger charge is -2.32. The molecule has 4 heterocycles. The number of fused-ring (bicyclic) bond motifs is 1. The Balaban J connectivity index is 1.07. The number of carbonyl (C=O) groups excluding carboxylic acids is 4. The number of unbranched alkanes of at least 4 members (excludes halogenated alkanes) is 2. The summed E-state index contributed by atoms with van der Waals surface area (Å²) in [6.45, 7) is 11.4. The number of benzene rings is 2. The number of likely N-dealkylation sites (N-methyl/N-ethyl adjacent to an activating group) is 2. The van der Waals surface area contributed by atoms with Crippen LogP contribution < -0.4 is 0 Å². The van der Waals surface area contributed by atoms with Gasteiger partial charge >= 0.3 is 23.9 Å². The second-order valence-corrected chi connectivity index (χ2v) is 16.1. The van der Waals surface area contributed by atoms with Gasteiger partial charge in [-0.1, -0.05) is 63.1 Å². The van der Waals surface area contributed by atoms with Crippen molar-refractivity contribution in [1.82, 2.24) is 19.6 Å². The minimum Gasteiger partial charge on any atom is -0.457 e. The first-order valence-corrected chi connectivity index (χ1v) is 21.2. The van der Waals surface area contributed by atoms with Crippen LogP contribution >= 0.6 is 0 Å². The van der Waals surface area contributed by atoms with Crippen LogP contribution in [0.25, 0.3) is 0 Å². The van der Waals surface area contributed by atoms with Crippen molar-refractivity contribution in [2.75, 3.05) is 92.8 Å². The summed E-state index contributed by atoms with van der Waals surface area (Å²) in [5.74, 6) is -1.77. The molecule has 14 heteroatoms. The summed E-state index contributed by atoms with van der Waals surface area (Å²) in [6, 6.07) is 14.2. The zero-order valence-corrected chi connectivity index (χ0v) is 34.7. The van der Waals surface area contributed by atoms with E-state index in [2.05, 4.69) is 47.5 Å². The highest BCUT2D eigenvalue weighted by molar-refractivity contribution is 5.92. The predicted octanol–water partition coefficient (Wildman–Crippen LogP) is 4.28. The Labute approximate surface area is 343 Å². The van der Waals surface area contributed by atoms with E-state index in [4.69, 9.17) is 28.4 Å². The summed E-state index contributed by atoms with van der Waals surface area (Å²) in [6.07, 6.45) is 0.604. The van der Waals surface area contributed by atoms with E-state index in [9.17, 15) is 19.2 Å². The minimum atomic E-state index is -0.742. The maximum atomic E-state index is 13.8. The molecule has 0 aromatic heterocycles. The zero-order chi connectivity index (χ0) is 41.0. The SMILES string of the molecule is CCCC[C@@H](OC(=O)CN1CCN(C)CC1)c1ccccc1C(=O)O[C@H]1CO[C@H]2[C@@H]1OC[C@H]2OC(=O)c1ccccc1[C@@H](CCCC)OC(=O)CN1CCN(C)CC1. The molecule has 0 spiro atoms. The van der Waals surface area contributed by atoms with Crippen LogP contribution in [0.1, 0.15) is 96.4 Å². The van der Waals surface area contributed by atoms with Crippen molar-refractivity contribution in [2.24, 2.45) is 0 Å². The van der Waals surface area contributed by atoms with Gasteiger partial charge < -0.3 is 38.2 Å². The molecule has 6 atom stereocenters. The summed E-state index contributed by atoms with van der Waals surface area (Å²) in [4.78, 5) is 62.6. The lowest BCUT2D eigenvalue weighted by Crippen LogP contribution is -2.46. The van der Waals surface area contributed by atoms with Crippen LogP contribution in [0.4, 0.5) is 0 Å². The summed E-state index contributed by atoms with van der Waals surface area (Å²) in [5.41, 5.74) is 1.84. The summed E-state index contributed by atoms with van der Waals surface area (Å²) >= 11 is 0. The fourth-order valence-electron chi connectivity index (χ4n) is 8.06. The van der Waals surface area contributed by atoms with E-state index in [1.54, 1.807) is 24.3 Å². The Hall–Kier alpha value is -3.92. The number of ether oxygens (including phenoxy) is 6. The van der Waals surface area contributed by atoms with Crippen LogP contribution in [0, 0.1) is 0 Å². The predicted molar refractivity (Wildman–Crippen MR) is 215 cm³/mol. The van der Waals surface area contributed by atoms with E-state index in [0.717, 1.165) is 78.0 Å². The molecule has 2 aromatic carbocycles. The number of carbonyl (C=O) groups is 4. The topological polar surface area (TPSA) is 137 Å². The second-order valence-electron chi connectivity index (χ2n) is 16.1. The molecular formula is C44H62N4O10. The van der Waals surface area contributed by atoms with Crippen LogP contribution in [0.2, 0.25) is 0 Å². The molecule has 4 saturated heterocycles. The average Bonchev–Trinajstić information content (AvgIpc) is 3.82. The van der Waals surface area contributed by atoms with Gasteiger partial charge in [0.25, 0.3) is 0 Å². The maximum Gasteiger partial charge on any atom is 0.339 e. The molecule has 0 unspecified atom stereocenters. The third-order valence-electron chi connectivity index (χ3n) is 11.6. The molecule has 0 N–H and O–H groups in total. The lowest BCUT2D eigenvalue weighted by atomic mass is 9.98. The van der Waals surface area contributed by atoms with Gasteiger partial charge in [-0.3, -0.25) is 19.4 Å². The molecule has 6 rings (SSSR count). The second kappa shape index (κ2) is 21.4. The van der Waals surface area contributed by atoms with Crippen molar-refractivity contribution < 1.29 is 47.6 Å². The van der Waals surface area contributed by atoms with E-state index in [-0.39, 0.29) is 38.2 Å². The largest absolute Gasteiger partial charge is 0.457 e. The highest BCUT2D eigenvalue weighted by Crippen LogP contribution is 2.34. The van der Waals surface area contributed by atoms with E-state index in [1.807, 2.05) is 24.3 Å². The van der Waals surface area contributed by atoms with Gasteiger partial charge in [-0.25, -0.2) is 9.59 Å². The van der Waals surface area contributed by atoms with Crippen LogP contribution in [-0.2, 0) is 38.0 Å². The normalized spacial score (nSPS) is 24.1. The monoisotopic (exact) mass is 806 g/mol. The van der Waals surface area contributed by atoms with E-state index in [1.165, 1.54) is 0 Å². The van der Waals surface area contributed by atoms with Gasteiger partial charge in [-0.05, 0) is 51.9 Å². The minimum absolute atomic E-state index is 0.0650. The van der Waals surface area contributed by atoms with Crippen molar-refractivity contribution in [1.29, 1.82) is 0 Å². The molecule has 0 radical (unpaired) electrons. The fourth-order valence-corrected chi connectivity index (χ4v) is 8.06. The molecule has 2 aromatic rings. The Morgan fingerprint density at radius 2 is 0.983 bits per heavy atom. The molecule has 14 nitrogen and oxygen atoms in total. The number of nitrogens with zero attached hydrogens (tertiary/aromatic N) is 4. The first-order chi connectivity index (χ1) is 28.1. The summed E-state index contributed by atoms with van der Waals surface area (Å²) in [7, 11) is 4.14. The fraction of sp³-hybridized carbons (Fsp3) is 0.636. The number of hydrogen-bond donors (Lipinski definition) is 0. The smallest absolute Gasteiger partial charge is 0.339 e. The van der Waals surface area contributed by atoms with Crippen molar-refractivity contribution >= 4 is 23.9 Å². The van der Waals surface area contributed by atoms with Gasteiger partial charge in [-0.15, -0.1) is 0 Å². The Morgan fingerprint density at radius 1 is 0.603 bits per heavy atom. The number of esters is 4. The van der Waals surface area contributed by atoms with Crippen molar-refractivity contribution in [2.45, 2.75) is 89.0 Å². The molecule has 0 amide bonds. The van der Waals surface area contributed by atoms with Crippen LogP contribution in [0.5, 0.6) is 0 Å². The first kappa shape index (κ1) is 43.7. The van der Waals surface area contributed by atoms with Crippen molar-refractivity contribution in [3.63, 3.8) is 0 Å². The maximum absolute atomic E-state index is 13.8. The number of hydrogen-bond acceptors (Lipinski definition) is 14. The van der Waals surface area contributed by atoms with Crippen LogP contribution in [0.3, 0.4) is 0 Å².